The van der Waals surface area contributed by atoms with Crippen LogP contribution in [0, 0.1) is 0 Å². The van der Waals surface area contributed by atoms with Crippen molar-refractivity contribution in [3.8, 4) is 5.75 Å². The van der Waals surface area contributed by atoms with Crippen molar-refractivity contribution in [1.29, 1.82) is 0 Å². The molecule has 1 aromatic carbocycles. The van der Waals surface area contributed by atoms with E-state index in [1.165, 1.54) is 6.26 Å². The molecule has 19 heavy (non-hydrogen) atoms. The normalized spacial score (nSPS) is 13.3. The van der Waals surface area contributed by atoms with Crippen molar-refractivity contribution in [2.45, 2.75) is 18.9 Å². The molecule has 0 aliphatic carbocycles. The molecule has 1 aromatic rings. The number of hydrazine groups is 1. The number of hydrogen-bond acceptors (Lipinski definition) is 5. The molecule has 1 atom stereocenters. The molecule has 0 heterocycles. The van der Waals surface area contributed by atoms with Gasteiger partial charge in [0.2, 0.25) is 0 Å². The highest BCUT2D eigenvalue weighted by Crippen LogP contribution is 2.30. The van der Waals surface area contributed by atoms with Crippen LogP contribution >= 0.6 is 11.6 Å². The lowest BCUT2D eigenvalue weighted by molar-refractivity contribution is 0.395. The lowest BCUT2D eigenvalue weighted by atomic mass is 10.0. The van der Waals surface area contributed by atoms with Gasteiger partial charge in [-0.2, -0.15) is 0 Å². The first kappa shape index (κ1) is 16.2. The first-order valence-electron chi connectivity index (χ1n) is 5.84. The summed E-state index contributed by atoms with van der Waals surface area (Å²) in [5, 5.41) is 0.583. The summed E-state index contributed by atoms with van der Waals surface area (Å²) in [6, 6.07) is 5.06. The van der Waals surface area contributed by atoms with Crippen LogP contribution in [-0.2, 0) is 9.84 Å². The Kier molecular flexibility index (Phi) is 6.06. The molecule has 108 valence electrons. The molecule has 3 N–H and O–H groups in total. The van der Waals surface area contributed by atoms with Crippen LogP contribution in [0.4, 0.5) is 0 Å². The lowest BCUT2D eigenvalue weighted by Gasteiger charge is -2.19. The van der Waals surface area contributed by atoms with Crippen LogP contribution in [-0.4, -0.2) is 27.5 Å². The van der Waals surface area contributed by atoms with Gasteiger partial charge < -0.3 is 4.74 Å². The maximum Gasteiger partial charge on any atom is 0.147 e. The molecular weight excluding hydrogens is 288 g/mol. The van der Waals surface area contributed by atoms with Gasteiger partial charge in [0.25, 0.3) is 0 Å². The van der Waals surface area contributed by atoms with Crippen molar-refractivity contribution in [2.24, 2.45) is 5.84 Å². The number of nitrogens with two attached hydrogens (primary N) is 1. The predicted octanol–water partition coefficient (Wildman–Crippen LogP) is 1.68. The third-order valence-corrected chi connectivity index (χ3v) is 4.04. The first-order chi connectivity index (χ1) is 8.87. The van der Waals surface area contributed by atoms with E-state index in [1.54, 1.807) is 25.3 Å². The molecule has 1 unspecified atom stereocenters. The fraction of sp³-hybridized carbons (Fsp3) is 0.500. The van der Waals surface area contributed by atoms with E-state index in [-0.39, 0.29) is 11.8 Å². The highest BCUT2D eigenvalue weighted by atomic mass is 35.5. The number of rotatable bonds is 7. The highest BCUT2D eigenvalue weighted by molar-refractivity contribution is 7.90. The molecule has 1 rings (SSSR count). The molecule has 0 radical (unpaired) electrons. The minimum Gasteiger partial charge on any atom is -0.496 e. The van der Waals surface area contributed by atoms with Crippen LogP contribution in [0.3, 0.4) is 0 Å². The number of halogens is 1. The SMILES string of the molecule is COc1ccc(Cl)cc1C(CCCS(C)(=O)=O)NN. The summed E-state index contributed by atoms with van der Waals surface area (Å²) in [6.07, 6.45) is 2.32. The molecule has 0 amide bonds. The summed E-state index contributed by atoms with van der Waals surface area (Å²) in [4.78, 5) is 0. The van der Waals surface area contributed by atoms with E-state index in [0.29, 0.717) is 23.6 Å². The van der Waals surface area contributed by atoms with E-state index >= 15 is 0 Å². The maximum absolute atomic E-state index is 11.1. The van der Waals surface area contributed by atoms with E-state index in [4.69, 9.17) is 22.2 Å². The van der Waals surface area contributed by atoms with E-state index in [0.717, 1.165) is 5.56 Å². The number of sulfone groups is 1. The van der Waals surface area contributed by atoms with Crippen molar-refractivity contribution >= 4 is 21.4 Å². The summed E-state index contributed by atoms with van der Waals surface area (Å²) in [7, 11) is -1.39. The lowest BCUT2D eigenvalue weighted by Crippen LogP contribution is -2.28. The number of methoxy groups -OCH3 is 1. The van der Waals surface area contributed by atoms with Crippen LogP contribution in [0.25, 0.3) is 0 Å². The summed E-state index contributed by atoms with van der Waals surface area (Å²) in [5.41, 5.74) is 3.50. The zero-order chi connectivity index (χ0) is 14.5. The third-order valence-electron chi connectivity index (χ3n) is 2.78. The Bertz CT molecular complexity index is 520. The Morgan fingerprint density at radius 2 is 2.16 bits per heavy atom. The van der Waals surface area contributed by atoms with Crippen LogP contribution < -0.4 is 16.0 Å². The average Bonchev–Trinajstić information content (AvgIpc) is 2.33. The molecule has 0 aromatic heterocycles. The molecule has 7 heteroatoms. The third kappa shape index (κ3) is 5.36. The van der Waals surface area contributed by atoms with Crippen molar-refractivity contribution in [1.82, 2.24) is 5.43 Å². The van der Waals surface area contributed by atoms with Crippen LogP contribution in [0.2, 0.25) is 5.02 Å². The second-order valence-corrected chi connectivity index (χ2v) is 7.07. The van der Waals surface area contributed by atoms with Gasteiger partial charge in [-0.3, -0.25) is 11.3 Å². The largest absolute Gasteiger partial charge is 0.496 e. The topological polar surface area (TPSA) is 81.4 Å². The van der Waals surface area contributed by atoms with Gasteiger partial charge in [0.15, 0.2) is 0 Å². The number of ether oxygens (including phenoxy) is 1. The summed E-state index contributed by atoms with van der Waals surface area (Å²) in [5.74, 6) is 6.34. The molecular formula is C12H19ClN2O3S. The molecule has 0 bridgehead atoms. The van der Waals surface area contributed by atoms with Gasteiger partial charge in [-0.1, -0.05) is 11.6 Å². The molecule has 0 saturated carbocycles. The van der Waals surface area contributed by atoms with E-state index in [2.05, 4.69) is 5.43 Å². The Labute approximate surface area is 119 Å². The van der Waals surface area contributed by atoms with Crippen molar-refractivity contribution in [3.63, 3.8) is 0 Å². The zero-order valence-corrected chi connectivity index (χ0v) is 12.6. The van der Waals surface area contributed by atoms with Crippen LogP contribution in [0.15, 0.2) is 18.2 Å². The Hall–Kier alpha value is -0.820. The Morgan fingerprint density at radius 3 is 2.68 bits per heavy atom. The van der Waals surface area contributed by atoms with Crippen molar-refractivity contribution in [2.75, 3.05) is 19.1 Å². The van der Waals surface area contributed by atoms with Crippen molar-refractivity contribution < 1.29 is 13.2 Å². The van der Waals surface area contributed by atoms with Gasteiger partial charge >= 0.3 is 0 Å². The van der Waals surface area contributed by atoms with Gasteiger partial charge in [0.1, 0.15) is 15.6 Å². The molecule has 5 nitrogen and oxygen atoms in total. The number of benzene rings is 1. The van der Waals surface area contributed by atoms with Gasteiger partial charge in [-0.05, 0) is 31.0 Å². The van der Waals surface area contributed by atoms with Gasteiger partial charge in [0.05, 0.1) is 7.11 Å². The maximum atomic E-state index is 11.1. The van der Waals surface area contributed by atoms with Crippen LogP contribution in [0.1, 0.15) is 24.4 Å². The fourth-order valence-corrected chi connectivity index (χ4v) is 2.73. The summed E-state index contributed by atoms with van der Waals surface area (Å²) < 4.78 is 27.5. The van der Waals surface area contributed by atoms with Crippen LogP contribution in [0.5, 0.6) is 5.75 Å². The zero-order valence-electron chi connectivity index (χ0n) is 11.0. The van der Waals surface area contributed by atoms with E-state index < -0.39 is 9.84 Å². The second-order valence-electron chi connectivity index (χ2n) is 4.38. The van der Waals surface area contributed by atoms with E-state index in [1.807, 2.05) is 0 Å². The highest BCUT2D eigenvalue weighted by Gasteiger charge is 2.16. The smallest absolute Gasteiger partial charge is 0.147 e. The van der Waals surface area contributed by atoms with Gasteiger partial charge in [-0.25, -0.2) is 8.42 Å². The summed E-state index contributed by atoms with van der Waals surface area (Å²) >= 11 is 5.96. The number of nitrogens with one attached hydrogen (secondary N) is 1. The molecule has 0 fully saturated rings. The second kappa shape index (κ2) is 7.09. The van der Waals surface area contributed by atoms with Crippen molar-refractivity contribution in [3.05, 3.63) is 28.8 Å². The Balaban J connectivity index is 2.82. The average molecular weight is 307 g/mol. The Morgan fingerprint density at radius 1 is 1.47 bits per heavy atom. The predicted molar refractivity (Wildman–Crippen MR) is 77.0 cm³/mol. The summed E-state index contributed by atoms with van der Waals surface area (Å²) in [6.45, 7) is 0. The minimum atomic E-state index is -2.96. The molecule has 0 aliphatic rings. The first-order valence-corrected chi connectivity index (χ1v) is 8.28. The van der Waals surface area contributed by atoms with Gasteiger partial charge in [-0.15, -0.1) is 0 Å². The molecule has 0 spiro atoms. The quantitative estimate of drug-likeness (QED) is 0.591. The molecule has 0 saturated heterocycles. The fourth-order valence-electron chi connectivity index (χ4n) is 1.86. The van der Waals surface area contributed by atoms with E-state index in [9.17, 15) is 8.42 Å². The minimum absolute atomic E-state index is 0.133. The molecule has 0 aliphatic heterocycles. The number of hydrogen-bond donors (Lipinski definition) is 2. The monoisotopic (exact) mass is 306 g/mol. The standard InChI is InChI=1S/C12H19ClN2O3S/c1-18-12-6-5-9(13)8-10(12)11(15-14)4-3-7-19(2,16)17/h5-6,8,11,15H,3-4,7,14H2,1-2H3. The van der Waals surface area contributed by atoms with Gasteiger partial charge in [0, 0.05) is 28.6 Å².